The number of hydrogen-bond acceptors (Lipinski definition) is 4. The molecule has 0 aliphatic heterocycles. The molecular weight excluding hydrogens is 799 g/mol. The number of thiophene rings is 1. The van der Waals surface area contributed by atoms with E-state index in [9.17, 15) is 5.11 Å². The second kappa shape index (κ2) is 14.5. The average Bonchev–Trinajstić information content (AvgIpc) is 3.75. The summed E-state index contributed by atoms with van der Waals surface area (Å²) in [5.41, 5.74) is 18.1. The summed E-state index contributed by atoms with van der Waals surface area (Å²) in [5.74, 6) is 0.991. The van der Waals surface area contributed by atoms with Gasteiger partial charge in [-0.05, 0) is 112 Å². The van der Waals surface area contributed by atoms with Crippen molar-refractivity contribution in [1.29, 1.82) is 0 Å². The van der Waals surface area contributed by atoms with Gasteiger partial charge < -0.3 is 5.11 Å². The molecule has 0 radical (unpaired) electrons. The molecule has 4 nitrogen and oxygen atoms in total. The number of aromatic nitrogens is 3. The molecule has 9 rings (SSSR count). The summed E-state index contributed by atoms with van der Waals surface area (Å²) in [6.45, 7) is 36.6. The van der Waals surface area contributed by atoms with E-state index in [0.717, 1.165) is 67.2 Å². The highest BCUT2D eigenvalue weighted by atomic mass is 32.1. The fourth-order valence-corrected chi connectivity index (χ4v) is 11.5. The molecule has 1 N–H and O–H groups in total. The van der Waals surface area contributed by atoms with E-state index in [1.165, 1.54) is 48.3 Å². The quantitative estimate of drug-likeness (QED) is 0.192. The zero-order chi connectivity index (χ0) is 46.2. The lowest BCUT2D eigenvalue weighted by Crippen LogP contribution is -2.44. The van der Waals surface area contributed by atoms with Crippen LogP contribution in [0, 0.1) is 20.8 Å². The molecule has 1 aliphatic rings. The Morgan fingerprint density at radius 3 is 1.92 bits per heavy atom. The number of imidazole rings is 1. The number of aromatic hydroxyl groups is 1. The number of pyridine rings is 1. The molecule has 328 valence electrons. The predicted octanol–water partition coefficient (Wildman–Crippen LogP) is 16.4. The summed E-state index contributed by atoms with van der Waals surface area (Å²) in [6, 6.07) is 33.3. The van der Waals surface area contributed by atoms with E-state index < -0.39 is 0 Å². The van der Waals surface area contributed by atoms with Gasteiger partial charge in [-0.3, -0.25) is 9.55 Å². The zero-order valence-electron chi connectivity index (χ0n) is 40.9. The SMILES string of the molecule is Cc1ccnc2c1C(C)(C)C(C)(C)c1c-2cc(-c2cccc3c2nc(-c2cc(C(C)(C)C)cc(C(C)(C)C)c2O)n3-c2ccc(C(C)(C)C)cc2-c2ccccc2)c2sc(C)c(C)c12. The van der Waals surface area contributed by atoms with Gasteiger partial charge in [0.2, 0.25) is 0 Å². The molecule has 0 bridgehead atoms. The number of nitrogens with zero attached hydrogens (tertiary/aromatic N) is 3. The van der Waals surface area contributed by atoms with Gasteiger partial charge in [0.1, 0.15) is 11.6 Å². The lowest BCUT2D eigenvalue weighted by atomic mass is 9.54. The molecule has 0 fully saturated rings. The van der Waals surface area contributed by atoms with Crippen molar-refractivity contribution in [3.05, 3.63) is 141 Å². The van der Waals surface area contributed by atoms with E-state index in [4.69, 9.17) is 9.97 Å². The second-order valence-corrected chi connectivity index (χ2v) is 23.9. The molecule has 64 heavy (non-hydrogen) atoms. The second-order valence-electron chi connectivity index (χ2n) is 22.6. The van der Waals surface area contributed by atoms with Gasteiger partial charge in [0, 0.05) is 59.8 Å². The van der Waals surface area contributed by atoms with Gasteiger partial charge >= 0.3 is 0 Å². The van der Waals surface area contributed by atoms with Crippen LogP contribution < -0.4 is 0 Å². The van der Waals surface area contributed by atoms with Crippen LogP contribution in [0.25, 0.3) is 71.7 Å². The highest BCUT2D eigenvalue weighted by Gasteiger charge is 2.49. The first-order valence-corrected chi connectivity index (χ1v) is 23.8. The normalized spacial score (nSPS) is 14.9. The zero-order valence-corrected chi connectivity index (χ0v) is 41.8. The molecule has 5 aromatic carbocycles. The van der Waals surface area contributed by atoms with E-state index in [1.807, 2.05) is 17.5 Å². The lowest BCUT2D eigenvalue weighted by molar-refractivity contribution is 0.299. The molecule has 5 heteroatoms. The number of hydrogen-bond donors (Lipinski definition) is 1. The Bertz CT molecular complexity index is 3190. The standard InChI is InChI=1S/C59H65N3OS/c1-33-27-28-60-51-42-32-41(53-47(34(2)35(3)64-53)49(42)59(15,16)58(13,14)48(33)51)39-23-20-24-46-50(39)61-54(43-30-38(56(7,8)9)31-44(52(43)63)57(10,11)12)62(46)45-26-25-37(55(4,5)6)29-40(45)36-21-18-17-19-22-36/h17-32,63H,1-16H3. The van der Waals surface area contributed by atoms with E-state index in [2.05, 4.69) is 206 Å². The summed E-state index contributed by atoms with van der Waals surface area (Å²) < 4.78 is 3.61. The van der Waals surface area contributed by atoms with Crippen LogP contribution in [0.3, 0.4) is 0 Å². The third kappa shape index (κ3) is 6.59. The van der Waals surface area contributed by atoms with E-state index >= 15 is 0 Å². The minimum absolute atomic E-state index is 0.0689. The van der Waals surface area contributed by atoms with Crippen LogP contribution in [0.4, 0.5) is 0 Å². The molecule has 0 unspecified atom stereocenters. The van der Waals surface area contributed by atoms with Crippen molar-refractivity contribution in [1.82, 2.24) is 14.5 Å². The van der Waals surface area contributed by atoms with Crippen LogP contribution in [-0.4, -0.2) is 19.6 Å². The average molecular weight is 864 g/mol. The Balaban J connectivity index is 1.46. The van der Waals surface area contributed by atoms with Gasteiger partial charge in [-0.2, -0.15) is 0 Å². The topological polar surface area (TPSA) is 50.9 Å². The van der Waals surface area contributed by atoms with E-state index in [0.29, 0.717) is 0 Å². The summed E-state index contributed by atoms with van der Waals surface area (Å²) >= 11 is 1.89. The highest BCUT2D eigenvalue weighted by Crippen LogP contribution is 2.59. The fourth-order valence-electron chi connectivity index (χ4n) is 10.3. The summed E-state index contributed by atoms with van der Waals surface area (Å²) in [5, 5.41) is 14.0. The van der Waals surface area contributed by atoms with Gasteiger partial charge in [-0.25, -0.2) is 4.98 Å². The highest BCUT2D eigenvalue weighted by molar-refractivity contribution is 7.19. The number of fused-ring (bicyclic) bond motifs is 6. The van der Waals surface area contributed by atoms with E-state index in [1.54, 1.807) is 0 Å². The smallest absolute Gasteiger partial charge is 0.149 e. The number of rotatable bonds is 4. The van der Waals surface area contributed by atoms with Crippen molar-refractivity contribution < 1.29 is 5.11 Å². The molecule has 8 aromatic rings. The van der Waals surface area contributed by atoms with Crippen LogP contribution in [0.5, 0.6) is 5.75 Å². The number of phenols is 1. The molecule has 0 saturated carbocycles. The third-order valence-electron chi connectivity index (χ3n) is 14.9. The maximum Gasteiger partial charge on any atom is 0.149 e. The lowest BCUT2D eigenvalue weighted by Gasteiger charge is -2.49. The first-order valence-electron chi connectivity index (χ1n) is 23.0. The van der Waals surface area contributed by atoms with Crippen LogP contribution >= 0.6 is 11.3 Å². The Morgan fingerprint density at radius 1 is 0.609 bits per heavy atom. The molecule has 3 heterocycles. The third-order valence-corrected chi connectivity index (χ3v) is 16.1. The number of para-hydroxylation sites is 1. The maximum atomic E-state index is 12.6. The van der Waals surface area contributed by atoms with Crippen LogP contribution in [0.2, 0.25) is 0 Å². The molecule has 0 saturated heterocycles. The number of phenolic OH excluding ortho intramolecular Hbond substituents is 1. The van der Waals surface area contributed by atoms with Crippen LogP contribution in [-0.2, 0) is 27.1 Å². The van der Waals surface area contributed by atoms with Gasteiger partial charge in [-0.15, -0.1) is 11.3 Å². The Hall–Kier alpha value is -5.52. The fraction of sp³-hybridized carbons (Fsp3) is 0.356. The summed E-state index contributed by atoms with van der Waals surface area (Å²) in [4.78, 5) is 12.3. The van der Waals surface area contributed by atoms with Crippen molar-refractivity contribution >= 4 is 32.5 Å². The summed E-state index contributed by atoms with van der Waals surface area (Å²) in [6.07, 6.45) is 1.98. The van der Waals surface area contributed by atoms with Crippen LogP contribution in [0.15, 0.2) is 97.2 Å². The maximum absolute atomic E-state index is 12.6. The van der Waals surface area contributed by atoms with Gasteiger partial charge in [0.15, 0.2) is 0 Å². The Labute approximate surface area is 385 Å². The number of benzene rings is 5. The van der Waals surface area contributed by atoms with Crippen LogP contribution in [0.1, 0.15) is 134 Å². The Kier molecular flexibility index (Phi) is 9.90. The molecular formula is C59H65N3OS. The van der Waals surface area contributed by atoms with Gasteiger partial charge in [0.25, 0.3) is 0 Å². The van der Waals surface area contributed by atoms with Crippen molar-refractivity contribution in [2.75, 3.05) is 0 Å². The first-order chi connectivity index (χ1) is 29.8. The van der Waals surface area contributed by atoms with Crippen molar-refractivity contribution in [2.24, 2.45) is 0 Å². The molecule has 0 amide bonds. The van der Waals surface area contributed by atoms with Crippen molar-refractivity contribution in [3.63, 3.8) is 0 Å². The largest absolute Gasteiger partial charge is 0.507 e. The Morgan fingerprint density at radius 2 is 1.27 bits per heavy atom. The molecule has 0 atom stereocenters. The van der Waals surface area contributed by atoms with Gasteiger partial charge in [0.05, 0.1) is 28.0 Å². The monoisotopic (exact) mass is 863 g/mol. The van der Waals surface area contributed by atoms with E-state index in [-0.39, 0.29) is 32.8 Å². The molecule has 1 aliphatic carbocycles. The predicted molar refractivity (Wildman–Crippen MR) is 274 cm³/mol. The van der Waals surface area contributed by atoms with Crippen molar-refractivity contribution in [3.8, 4) is 56.3 Å². The van der Waals surface area contributed by atoms with Gasteiger partial charge in [-0.1, -0.05) is 145 Å². The minimum Gasteiger partial charge on any atom is -0.507 e. The van der Waals surface area contributed by atoms with Crippen molar-refractivity contribution in [2.45, 2.75) is 138 Å². The summed E-state index contributed by atoms with van der Waals surface area (Å²) in [7, 11) is 0. The molecule has 3 aromatic heterocycles. The minimum atomic E-state index is -0.319. The first kappa shape index (κ1) is 43.7. The molecule has 0 spiro atoms. The number of aryl methyl sites for hydroxylation is 3.